The number of aromatic nitrogens is 4. The highest BCUT2D eigenvalue weighted by molar-refractivity contribution is 5.94. The van der Waals surface area contributed by atoms with Crippen molar-refractivity contribution in [3.8, 4) is 0 Å². The van der Waals surface area contributed by atoms with Crippen molar-refractivity contribution in [1.29, 1.82) is 0 Å². The van der Waals surface area contributed by atoms with Gasteiger partial charge in [-0.15, -0.1) is 0 Å². The number of anilines is 1. The number of hydrogen-bond donors (Lipinski definition) is 1. The van der Waals surface area contributed by atoms with Crippen LogP contribution in [0.3, 0.4) is 0 Å². The first-order valence-electron chi connectivity index (χ1n) is 8.85. The first-order valence-corrected chi connectivity index (χ1v) is 8.85. The van der Waals surface area contributed by atoms with Gasteiger partial charge in [0, 0.05) is 50.2 Å². The van der Waals surface area contributed by atoms with E-state index in [-0.39, 0.29) is 11.3 Å². The maximum absolute atomic E-state index is 12.5. The molecular weight excluding hydrogens is 328 g/mol. The Morgan fingerprint density at radius 3 is 2.92 bits per heavy atom. The lowest BCUT2D eigenvalue weighted by Gasteiger charge is -2.60. The van der Waals surface area contributed by atoms with E-state index in [0.717, 1.165) is 42.8 Å². The van der Waals surface area contributed by atoms with Crippen molar-refractivity contribution in [2.24, 2.45) is 5.41 Å². The molecule has 2 fully saturated rings. The van der Waals surface area contributed by atoms with Crippen LogP contribution in [-0.2, 0) is 0 Å². The van der Waals surface area contributed by atoms with Gasteiger partial charge in [0.1, 0.15) is 17.8 Å². The van der Waals surface area contributed by atoms with Crippen LogP contribution in [0.2, 0.25) is 0 Å². The molecule has 1 spiro atoms. The molecule has 0 radical (unpaired) electrons. The van der Waals surface area contributed by atoms with E-state index in [4.69, 9.17) is 0 Å². The number of nitrogens with one attached hydrogen (secondary N) is 1. The number of aromatic amines is 1. The van der Waals surface area contributed by atoms with E-state index in [0.29, 0.717) is 11.6 Å². The molecule has 0 atom stereocenters. The molecule has 0 bridgehead atoms. The average molecular weight is 348 g/mol. The minimum Gasteiger partial charge on any atom is -0.356 e. The summed E-state index contributed by atoms with van der Waals surface area (Å²) in [7, 11) is 2.10. The van der Waals surface area contributed by atoms with E-state index >= 15 is 0 Å². The number of nitrogens with zero attached hydrogens (tertiary/aromatic N) is 5. The molecule has 1 aliphatic carbocycles. The molecule has 7 heteroatoms. The summed E-state index contributed by atoms with van der Waals surface area (Å²) in [5.74, 6) is 1.06. The summed E-state index contributed by atoms with van der Waals surface area (Å²) < 4.78 is 0. The summed E-state index contributed by atoms with van der Waals surface area (Å²) >= 11 is 0. The van der Waals surface area contributed by atoms with Crippen molar-refractivity contribution in [3.05, 3.63) is 48.7 Å². The molecule has 1 amide bonds. The molecule has 0 aromatic carbocycles. The number of carbonyl (C=O) groups excluding carboxylic acids is 1. The monoisotopic (exact) mass is 348 g/mol. The smallest absolute Gasteiger partial charge is 0.255 e. The number of H-pyrrole nitrogens is 1. The second kappa shape index (κ2) is 5.52. The molecular formula is C19H20N6O. The third-order valence-corrected chi connectivity index (χ3v) is 5.80. The molecule has 7 nitrogen and oxygen atoms in total. The SMILES string of the molecule is CN(c1ncnc2[nH]ccc12)C1CC2(C1)CN(C(=O)c1cccnc1)C2. The summed E-state index contributed by atoms with van der Waals surface area (Å²) in [5, 5.41) is 1.05. The van der Waals surface area contributed by atoms with Gasteiger partial charge >= 0.3 is 0 Å². The second-order valence-corrected chi connectivity index (χ2v) is 7.51. The number of hydrogen-bond acceptors (Lipinski definition) is 5. The molecule has 26 heavy (non-hydrogen) atoms. The Balaban J connectivity index is 1.23. The van der Waals surface area contributed by atoms with Crippen molar-refractivity contribution in [1.82, 2.24) is 24.8 Å². The first-order chi connectivity index (χ1) is 12.7. The predicted octanol–water partition coefficient (Wildman–Crippen LogP) is 2.09. The Morgan fingerprint density at radius 1 is 1.31 bits per heavy atom. The van der Waals surface area contributed by atoms with Crippen LogP contribution >= 0.6 is 0 Å². The lowest BCUT2D eigenvalue weighted by Crippen LogP contribution is -2.67. The van der Waals surface area contributed by atoms with E-state index in [9.17, 15) is 4.79 Å². The number of fused-ring (bicyclic) bond motifs is 1. The second-order valence-electron chi connectivity index (χ2n) is 7.51. The molecule has 1 saturated carbocycles. The van der Waals surface area contributed by atoms with Crippen LogP contribution in [0.4, 0.5) is 5.82 Å². The van der Waals surface area contributed by atoms with Gasteiger partial charge in [-0.3, -0.25) is 9.78 Å². The molecule has 5 rings (SSSR count). The third-order valence-electron chi connectivity index (χ3n) is 5.80. The fraction of sp³-hybridized carbons (Fsp3) is 0.368. The zero-order valence-electron chi connectivity index (χ0n) is 14.6. The summed E-state index contributed by atoms with van der Waals surface area (Å²) in [6, 6.07) is 6.11. The molecule has 3 aromatic rings. The van der Waals surface area contributed by atoms with Crippen LogP contribution in [0.5, 0.6) is 0 Å². The van der Waals surface area contributed by atoms with Crippen LogP contribution in [0, 0.1) is 5.41 Å². The average Bonchev–Trinajstić information content (AvgIpc) is 3.08. The van der Waals surface area contributed by atoms with Gasteiger partial charge in [0.15, 0.2) is 0 Å². The van der Waals surface area contributed by atoms with Crippen molar-refractivity contribution in [2.45, 2.75) is 18.9 Å². The number of rotatable bonds is 3. The standard InChI is InChI=1S/C19H20N6O/c1-24(17-15-4-6-21-16(15)22-12-23-17)14-7-19(8-14)10-25(11-19)18(26)13-3-2-5-20-9-13/h2-6,9,12,14H,7-8,10-11H2,1H3,(H,21,22,23). The fourth-order valence-electron chi connectivity index (χ4n) is 4.36. The van der Waals surface area contributed by atoms with Gasteiger partial charge in [0.25, 0.3) is 5.91 Å². The summed E-state index contributed by atoms with van der Waals surface area (Å²) in [6.07, 6.45) is 9.02. The van der Waals surface area contributed by atoms with E-state index < -0.39 is 0 Å². The normalized spacial score (nSPS) is 18.6. The highest BCUT2D eigenvalue weighted by Crippen LogP contribution is 2.51. The molecule has 3 aromatic heterocycles. The molecule has 2 aliphatic rings. The number of pyridine rings is 1. The van der Waals surface area contributed by atoms with Crippen LogP contribution in [-0.4, -0.2) is 56.9 Å². The predicted molar refractivity (Wildman–Crippen MR) is 97.9 cm³/mol. The van der Waals surface area contributed by atoms with Gasteiger partial charge in [0.2, 0.25) is 0 Å². The Morgan fingerprint density at radius 2 is 2.15 bits per heavy atom. The Hall–Kier alpha value is -2.96. The zero-order valence-corrected chi connectivity index (χ0v) is 14.6. The quantitative estimate of drug-likeness (QED) is 0.784. The highest BCUT2D eigenvalue weighted by Gasteiger charge is 2.54. The maximum Gasteiger partial charge on any atom is 0.255 e. The van der Waals surface area contributed by atoms with E-state index in [1.807, 2.05) is 23.2 Å². The Kier molecular flexibility index (Phi) is 3.25. The van der Waals surface area contributed by atoms with Gasteiger partial charge in [-0.2, -0.15) is 0 Å². The van der Waals surface area contributed by atoms with Gasteiger partial charge < -0.3 is 14.8 Å². The minimum atomic E-state index is 0.0883. The summed E-state index contributed by atoms with van der Waals surface area (Å²) in [4.78, 5) is 32.6. The maximum atomic E-state index is 12.5. The number of amides is 1. The lowest BCUT2D eigenvalue weighted by atomic mass is 9.60. The van der Waals surface area contributed by atoms with E-state index in [2.05, 4.69) is 31.9 Å². The first kappa shape index (κ1) is 15.3. The largest absolute Gasteiger partial charge is 0.356 e. The molecule has 132 valence electrons. The van der Waals surface area contributed by atoms with E-state index in [1.165, 1.54) is 0 Å². The Bertz CT molecular complexity index is 954. The van der Waals surface area contributed by atoms with Crippen LogP contribution in [0.15, 0.2) is 43.1 Å². The van der Waals surface area contributed by atoms with Crippen LogP contribution in [0.25, 0.3) is 11.0 Å². The summed E-state index contributed by atoms with van der Waals surface area (Å²) in [5.41, 5.74) is 1.82. The van der Waals surface area contributed by atoms with Crippen molar-refractivity contribution in [3.63, 3.8) is 0 Å². The molecule has 1 saturated heterocycles. The van der Waals surface area contributed by atoms with Crippen molar-refractivity contribution >= 4 is 22.8 Å². The van der Waals surface area contributed by atoms with Gasteiger partial charge in [0.05, 0.1) is 10.9 Å². The van der Waals surface area contributed by atoms with Gasteiger partial charge in [-0.1, -0.05) is 0 Å². The number of carbonyl (C=O) groups is 1. The summed E-state index contributed by atoms with van der Waals surface area (Å²) in [6.45, 7) is 1.68. The van der Waals surface area contributed by atoms with Crippen LogP contribution < -0.4 is 4.90 Å². The lowest BCUT2D eigenvalue weighted by molar-refractivity contribution is -0.0541. The number of likely N-dealkylation sites (tertiary alicyclic amines) is 1. The van der Waals surface area contributed by atoms with Gasteiger partial charge in [-0.05, 0) is 31.0 Å². The topological polar surface area (TPSA) is 78.0 Å². The molecule has 0 unspecified atom stereocenters. The van der Waals surface area contributed by atoms with Gasteiger partial charge in [-0.25, -0.2) is 9.97 Å². The Labute approximate surface area is 151 Å². The zero-order chi connectivity index (χ0) is 17.7. The highest BCUT2D eigenvalue weighted by atomic mass is 16.2. The fourth-order valence-corrected chi connectivity index (χ4v) is 4.36. The van der Waals surface area contributed by atoms with Crippen LogP contribution in [0.1, 0.15) is 23.2 Å². The van der Waals surface area contributed by atoms with E-state index in [1.54, 1.807) is 24.8 Å². The van der Waals surface area contributed by atoms with Crippen molar-refractivity contribution in [2.75, 3.05) is 25.0 Å². The molecule has 1 N–H and O–H groups in total. The molecule has 4 heterocycles. The third kappa shape index (κ3) is 2.27. The minimum absolute atomic E-state index is 0.0883. The van der Waals surface area contributed by atoms with Crippen molar-refractivity contribution < 1.29 is 4.79 Å². The molecule has 1 aliphatic heterocycles.